The van der Waals surface area contributed by atoms with Crippen LogP contribution >= 0.6 is 11.6 Å². The predicted octanol–water partition coefficient (Wildman–Crippen LogP) is 3.60. The molecule has 0 amide bonds. The van der Waals surface area contributed by atoms with Gasteiger partial charge in [-0.1, -0.05) is 11.6 Å². The Kier molecular flexibility index (Phi) is 5.18. The SMILES string of the molecule is CC1(NCc2cc(Cl)ccc2OC(F)F)CCCOC1. The monoisotopic (exact) mass is 305 g/mol. The average molecular weight is 306 g/mol. The Morgan fingerprint density at radius 3 is 2.95 bits per heavy atom. The number of halogens is 3. The molecule has 1 aliphatic heterocycles. The topological polar surface area (TPSA) is 30.5 Å². The maximum Gasteiger partial charge on any atom is 0.387 e. The molecule has 6 heteroatoms. The fraction of sp³-hybridized carbons (Fsp3) is 0.571. The molecule has 20 heavy (non-hydrogen) atoms. The Bertz CT molecular complexity index is 451. The largest absolute Gasteiger partial charge is 0.434 e. The summed E-state index contributed by atoms with van der Waals surface area (Å²) < 4.78 is 34.7. The Morgan fingerprint density at radius 1 is 1.50 bits per heavy atom. The van der Waals surface area contributed by atoms with Gasteiger partial charge in [0.1, 0.15) is 5.75 Å². The van der Waals surface area contributed by atoms with E-state index >= 15 is 0 Å². The summed E-state index contributed by atoms with van der Waals surface area (Å²) in [5.41, 5.74) is 0.465. The summed E-state index contributed by atoms with van der Waals surface area (Å²) >= 11 is 5.91. The van der Waals surface area contributed by atoms with Gasteiger partial charge < -0.3 is 14.8 Å². The zero-order valence-corrected chi connectivity index (χ0v) is 12.1. The summed E-state index contributed by atoms with van der Waals surface area (Å²) in [6, 6.07) is 4.64. The van der Waals surface area contributed by atoms with Gasteiger partial charge in [-0.3, -0.25) is 0 Å². The van der Waals surface area contributed by atoms with Gasteiger partial charge in [-0.15, -0.1) is 0 Å². The molecule has 1 unspecified atom stereocenters. The number of rotatable bonds is 5. The molecule has 1 aromatic carbocycles. The van der Waals surface area contributed by atoms with E-state index in [0.29, 0.717) is 23.7 Å². The van der Waals surface area contributed by atoms with E-state index in [1.165, 1.54) is 12.1 Å². The van der Waals surface area contributed by atoms with Crippen LogP contribution in [0.15, 0.2) is 18.2 Å². The van der Waals surface area contributed by atoms with Gasteiger partial charge in [-0.2, -0.15) is 8.78 Å². The molecular formula is C14H18ClF2NO2. The summed E-state index contributed by atoms with van der Waals surface area (Å²) in [6.07, 6.45) is 1.97. The van der Waals surface area contributed by atoms with Crippen molar-refractivity contribution < 1.29 is 18.3 Å². The zero-order chi connectivity index (χ0) is 14.6. The first-order chi connectivity index (χ1) is 9.48. The van der Waals surface area contributed by atoms with Gasteiger partial charge in [-0.25, -0.2) is 0 Å². The van der Waals surface area contributed by atoms with Crippen LogP contribution in [0.4, 0.5) is 8.78 Å². The van der Waals surface area contributed by atoms with Crippen molar-refractivity contribution >= 4 is 11.6 Å². The molecule has 2 rings (SSSR count). The Balaban J connectivity index is 2.05. The lowest BCUT2D eigenvalue weighted by Crippen LogP contribution is -2.48. The molecule has 1 saturated heterocycles. The van der Waals surface area contributed by atoms with Gasteiger partial charge in [0.15, 0.2) is 0 Å². The molecule has 1 N–H and O–H groups in total. The third-order valence-corrected chi connectivity index (χ3v) is 3.62. The van der Waals surface area contributed by atoms with E-state index in [0.717, 1.165) is 19.4 Å². The minimum Gasteiger partial charge on any atom is -0.434 e. The molecule has 0 saturated carbocycles. The van der Waals surface area contributed by atoms with Crippen molar-refractivity contribution in [3.05, 3.63) is 28.8 Å². The van der Waals surface area contributed by atoms with Crippen LogP contribution in [-0.4, -0.2) is 25.4 Å². The minimum absolute atomic E-state index is 0.150. The molecule has 0 spiro atoms. The van der Waals surface area contributed by atoms with Crippen LogP contribution in [-0.2, 0) is 11.3 Å². The number of hydrogen-bond acceptors (Lipinski definition) is 3. The summed E-state index contributed by atoms with van der Waals surface area (Å²) in [5, 5.41) is 3.84. The van der Waals surface area contributed by atoms with Crippen LogP contribution in [0, 0.1) is 0 Å². The van der Waals surface area contributed by atoms with Crippen LogP contribution in [0.25, 0.3) is 0 Å². The maximum atomic E-state index is 12.4. The summed E-state index contributed by atoms with van der Waals surface area (Å²) in [4.78, 5) is 0. The van der Waals surface area contributed by atoms with E-state index < -0.39 is 6.61 Å². The first-order valence-electron chi connectivity index (χ1n) is 6.54. The van der Waals surface area contributed by atoms with Crippen LogP contribution in [0.1, 0.15) is 25.3 Å². The van der Waals surface area contributed by atoms with Crippen molar-refractivity contribution in [2.75, 3.05) is 13.2 Å². The van der Waals surface area contributed by atoms with Gasteiger partial charge in [0.2, 0.25) is 0 Å². The highest BCUT2D eigenvalue weighted by molar-refractivity contribution is 6.30. The van der Waals surface area contributed by atoms with Gasteiger partial charge in [0.05, 0.1) is 6.61 Å². The van der Waals surface area contributed by atoms with Crippen molar-refractivity contribution in [2.24, 2.45) is 0 Å². The third kappa shape index (κ3) is 4.30. The molecule has 1 heterocycles. The molecule has 3 nitrogen and oxygen atoms in total. The quantitative estimate of drug-likeness (QED) is 0.901. The van der Waals surface area contributed by atoms with Crippen molar-refractivity contribution in [3.63, 3.8) is 0 Å². The fourth-order valence-corrected chi connectivity index (χ4v) is 2.47. The van der Waals surface area contributed by atoms with E-state index in [4.69, 9.17) is 16.3 Å². The fourth-order valence-electron chi connectivity index (χ4n) is 2.28. The number of hydrogen-bond donors (Lipinski definition) is 1. The highest BCUT2D eigenvalue weighted by atomic mass is 35.5. The lowest BCUT2D eigenvalue weighted by molar-refractivity contribution is -0.0506. The number of nitrogens with one attached hydrogen (secondary N) is 1. The second kappa shape index (κ2) is 6.70. The van der Waals surface area contributed by atoms with E-state index in [-0.39, 0.29) is 11.3 Å². The summed E-state index contributed by atoms with van der Waals surface area (Å²) in [6.45, 7) is 1.00. The highest BCUT2D eigenvalue weighted by Crippen LogP contribution is 2.26. The molecule has 1 atom stereocenters. The van der Waals surface area contributed by atoms with Crippen LogP contribution in [0.5, 0.6) is 5.75 Å². The molecule has 112 valence electrons. The zero-order valence-electron chi connectivity index (χ0n) is 11.3. The molecule has 0 aromatic heterocycles. The van der Waals surface area contributed by atoms with E-state index in [2.05, 4.69) is 17.0 Å². The predicted molar refractivity (Wildman–Crippen MR) is 73.4 cm³/mol. The number of ether oxygens (including phenoxy) is 2. The average Bonchev–Trinajstić information content (AvgIpc) is 2.39. The normalized spacial score (nSPS) is 23.1. The molecule has 1 fully saturated rings. The highest BCUT2D eigenvalue weighted by Gasteiger charge is 2.27. The second-order valence-corrected chi connectivity index (χ2v) is 5.64. The minimum atomic E-state index is -2.84. The number of alkyl halides is 2. The van der Waals surface area contributed by atoms with E-state index in [1.54, 1.807) is 6.07 Å². The first-order valence-corrected chi connectivity index (χ1v) is 6.92. The van der Waals surface area contributed by atoms with Gasteiger partial charge >= 0.3 is 6.61 Å². The van der Waals surface area contributed by atoms with Crippen molar-refractivity contribution in [3.8, 4) is 5.75 Å². The van der Waals surface area contributed by atoms with Crippen LogP contribution < -0.4 is 10.1 Å². The third-order valence-electron chi connectivity index (χ3n) is 3.38. The molecule has 1 aliphatic rings. The molecule has 0 aliphatic carbocycles. The van der Waals surface area contributed by atoms with Gasteiger partial charge in [0, 0.05) is 29.3 Å². The summed E-state index contributed by atoms with van der Waals surface area (Å²) in [5.74, 6) is 0.150. The molecule has 0 bridgehead atoms. The van der Waals surface area contributed by atoms with Crippen molar-refractivity contribution in [1.82, 2.24) is 5.32 Å². The standard InChI is InChI=1S/C14H18ClF2NO2/c1-14(5-2-6-19-9-14)18-8-10-7-11(15)3-4-12(10)20-13(16)17/h3-4,7,13,18H,2,5-6,8-9H2,1H3. The second-order valence-electron chi connectivity index (χ2n) is 5.20. The smallest absolute Gasteiger partial charge is 0.387 e. The molecule has 1 aromatic rings. The van der Waals surface area contributed by atoms with E-state index in [9.17, 15) is 8.78 Å². The van der Waals surface area contributed by atoms with Crippen molar-refractivity contribution in [2.45, 2.75) is 38.5 Å². The lowest BCUT2D eigenvalue weighted by Gasteiger charge is -2.34. The molecular weight excluding hydrogens is 288 g/mol. The van der Waals surface area contributed by atoms with E-state index in [1.807, 2.05) is 0 Å². The van der Waals surface area contributed by atoms with Crippen LogP contribution in [0.3, 0.4) is 0 Å². The number of benzene rings is 1. The summed E-state index contributed by atoms with van der Waals surface area (Å²) in [7, 11) is 0. The Labute approximate surface area is 122 Å². The molecule has 0 radical (unpaired) electrons. The Hall–Kier alpha value is -0.910. The van der Waals surface area contributed by atoms with Crippen LogP contribution in [0.2, 0.25) is 5.02 Å². The first kappa shape index (κ1) is 15.5. The van der Waals surface area contributed by atoms with Gasteiger partial charge in [0.25, 0.3) is 0 Å². The lowest BCUT2D eigenvalue weighted by atomic mass is 9.94. The maximum absolute atomic E-state index is 12.4. The van der Waals surface area contributed by atoms with Crippen molar-refractivity contribution in [1.29, 1.82) is 0 Å². The Morgan fingerprint density at radius 2 is 2.30 bits per heavy atom. The van der Waals surface area contributed by atoms with Gasteiger partial charge in [-0.05, 0) is 38.0 Å².